The zero-order chi connectivity index (χ0) is 13.1. The molecular formula is C14H12ClNO2. The van der Waals surface area contributed by atoms with E-state index in [0.717, 1.165) is 16.7 Å². The van der Waals surface area contributed by atoms with Crippen LogP contribution in [0.15, 0.2) is 36.5 Å². The van der Waals surface area contributed by atoms with Crippen LogP contribution in [0.5, 0.6) is 0 Å². The van der Waals surface area contributed by atoms with E-state index in [0.29, 0.717) is 10.7 Å². The summed E-state index contributed by atoms with van der Waals surface area (Å²) in [5.74, 6) is -0.426. The Morgan fingerprint density at radius 1 is 1.28 bits per heavy atom. The van der Waals surface area contributed by atoms with Gasteiger partial charge in [0.2, 0.25) is 0 Å². The van der Waals surface area contributed by atoms with Crippen LogP contribution in [0.25, 0.3) is 11.1 Å². The fourth-order valence-electron chi connectivity index (χ4n) is 1.71. The number of halogens is 1. The van der Waals surface area contributed by atoms with Crippen molar-refractivity contribution in [3.05, 3.63) is 52.8 Å². The summed E-state index contributed by atoms with van der Waals surface area (Å²) in [6, 6.07) is 9.39. The van der Waals surface area contributed by atoms with Crippen molar-refractivity contribution in [1.29, 1.82) is 0 Å². The first-order chi connectivity index (χ1) is 8.61. The molecule has 18 heavy (non-hydrogen) atoms. The summed E-state index contributed by atoms with van der Waals surface area (Å²) in [7, 11) is 1.34. The van der Waals surface area contributed by atoms with Crippen molar-refractivity contribution in [3.63, 3.8) is 0 Å². The highest BCUT2D eigenvalue weighted by Crippen LogP contribution is 2.23. The summed E-state index contributed by atoms with van der Waals surface area (Å²) in [6.07, 6.45) is 1.64. The molecule has 4 heteroatoms. The Morgan fingerprint density at radius 3 is 2.67 bits per heavy atom. The number of aryl methyl sites for hydroxylation is 1. The number of carbonyl (C=O) groups excluding carboxylic acids is 1. The van der Waals surface area contributed by atoms with E-state index in [2.05, 4.69) is 9.72 Å². The highest BCUT2D eigenvalue weighted by Gasteiger charge is 2.11. The van der Waals surface area contributed by atoms with Gasteiger partial charge in [-0.15, -0.1) is 0 Å². The fourth-order valence-corrected chi connectivity index (χ4v) is 1.90. The maximum atomic E-state index is 11.4. The minimum atomic E-state index is -0.426. The van der Waals surface area contributed by atoms with E-state index in [-0.39, 0.29) is 0 Å². The summed E-state index contributed by atoms with van der Waals surface area (Å²) >= 11 is 5.94. The van der Waals surface area contributed by atoms with Gasteiger partial charge in [-0.1, -0.05) is 23.7 Å². The van der Waals surface area contributed by atoms with Gasteiger partial charge in [0.25, 0.3) is 0 Å². The van der Waals surface area contributed by atoms with Gasteiger partial charge < -0.3 is 4.74 Å². The number of aromatic nitrogens is 1. The number of esters is 1. The molecule has 0 atom stereocenters. The summed E-state index contributed by atoms with van der Waals surface area (Å²) in [4.78, 5) is 15.6. The van der Waals surface area contributed by atoms with E-state index in [1.54, 1.807) is 6.20 Å². The molecule has 0 saturated heterocycles. The van der Waals surface area contributed by atoms with Gasteiger partial charge in [0.15, 0.2) is 5.69 Å². The lowest BCUT2D eigenvalue weighted by atomic mass is 10.0. The summed E-state index contributed by atoms with van der Waals surface area (Å²) in [6.45, 7) is 1.83. The number of rotatable bonds is 2. The van der Waals surface area contributed by atoms with Crippen LogP contribution in [0, 0.1) is 6.92 Å². The van der Waals surface area contributed by atoms with Crippen LogP contribution in [-0.2, 0) is 4.74 Å². The molecule has 0 aliphatic carbocycles. The first-order valence-corrected chi connectivity index (χ1v) is 5.80. The molecule has 0 saturated carbocycles. The monoisotopic (exact) mass is 261 g/mol. The maximum absolute atomic E-state index is 11.4. The first kappa shape index (κ1) is 12.6. The van der Waals surface area contributed by atoms with E-state index in [1.165, 1.54) is 7.11 Å². The highest BCUT2D eigenvalue weighted by molar-refractivity contribution is 6.30. The van der Waals surface area contributed by atoms with E-state index < -0.39 is 5.97 Å². The van der Waals surface area contributed by atoms with Crippen LogP contribution in [-0.4, -0.2) is 18.1 Å². The minimum absolute atomic E-state index is 0.336. The third-order valence-electron chi connectivity index (χ3n) is 2.61. The van der Waals surface area contributed by atoms with Crippen LogP contribution in [0.1, 0.15) is 16.1 Å². The molecule has 0 aliphatic rings. The SMILES string of the molecule is COC(=O)c1ncc(-c2cccc(Cl)c2)cc1C. The number of methoxy groups -OCH3 is 1. The summed E-state index contributed by atoms with van der Waals surface area (Å²) < 4.78 is 4.66. The Hall–Kier alpha value is -1.87. The summed E-state index contributed by atoms with van der Waals surface area (Å²) in [5, 5.41) is 0.669. The van der Waals surface area contributed by atoms with Crippen molar-refractivity contribution < 1.29 is 9.53 Å². The van der Waals surface area contributed by atoms with E-state index in [4.69, 9.17) is 11.6 Å². The minimum Gasteiger partial charge on any atom is -0.464 e. The Kier molecular flexibility index (Phi) is 3.63. The van der Waals surface area contributed by atoms with Gasteiger partial charge >= 0.3 is 5.97 Å². The number of hydrogen-bond donors (Lipinski definition) is 0. The molecule has 0 N–H and O–H groups in total. The lowest BCUT2D eigenvalue weighted by Gasteiger charge is -2.06. The molecule has 1 aromatic heterocycles. The number of hydrogen-bond acceptors (Lipinski definition) is 3. The van der Waals surface area contributed by atoms with Gasteiger partial charge in [-0.25, -0.2) is 9.78 Å². The van der Waals surface area contributed by atoms with Crippen LogP contribution in [0.4, 0.5) is 0 Å². The van der Waals surface area contributed by atoms with Crippen molar-refractivity contribution >= 4 is 17.6 Å². The fraction of sp³-hybridized carbons (Fsp3) is 0.143. The largest absolute Gasteiger partial charge is 0.464 e. The van der Waals surface area contributed by atoms with E-state index in [1.807, 2.05) is 37.3 Å². The molecule has 0 unspecified atom stereocenters. The second-order valence-electron chi connectivity index (χ2n) is 3.89. The van der Waals surface area contributed by atoms with Gasteiger partial charge in [-0.3, -0.25) is 0 Å². The van der Waals surface area contributed by atoms with Gasteiger partial charge in [-0.2, -0.15) is 0 Å². The molecule has 0 fully saturated rings. The molecule has 0 spiro atoms. The number of pyridine rings is 1. The third kappa shape index (κ3) is 2.51. The van der Waals surface area contributed by atoms with Gasteiger partial charge in [0.05, 0.1) is 7.11 Å². The van der Waals surface area contributed by atoms with Gasteiger partial charge in [-0.05, 0) is 36.2 Å². The molecular weight excluding hydrogens is 250 g/mol. The van der Waals surface area contributed by atoms with Crippen molar-refractivity contribution in [2.24, 2.45) is 0 Å². The van der Waals surface area contributed by atoms with Gasteiger partial charge in [0.1, 0.15) is 0 Å². The van der Waals surface area contributed by atoms with Crippen molar-refractivity contribution in [2.45, 2.75) is 6.92 Å². The van der Waals surface area contributed by atoms with Gasteiger partial charge in [0, 0.05) is 16.8 Å². The normalized spacial score (nSPS) is 10.2. The third-order valence-corrected chi connectivity index (χ3v) is 2.85. The van der Waals surface area contributed by atoms with E-state index in [9.17, 15) is 4.79 Å². The number of benzene rings is 1. The smallest absolute Gasteiger partial charge is 0.356 e. The quantitative estimate of drug-likeness (QED) is 0.777. The molecule has 0 amide bonds. The number of carbonyl (C=O) groups is 1. The molecule has 0 radical (unpaired) electrons. The van der Waals surface area contributed by atoms with Crippen molar-refractivity contribution in [2.75, 3.05) is 7.11 Å². The highest BCUT2D eigenvalue weighted by atomic mass is 35.5. The molecule has 2 aromatic rings. The van der Waals surface area contributed by atoms with Crippen molar-refractivity contribution in [3.8, 4) is 11.1 Å². The average Bonchev–Trinajstić information content (AvgIpc) is 2.37. The standard InChI is InChI=1S/C14H12ClNO2/c1-9-6-11(8-16-13(9)14(17)18-2)10-4-3-5-12(15)7-10/h3-8H,1-2H3. The molecule has 1 aromatic carbocycles. The Bertz CT molecular complexity index is 596. The van der Waals surface area contributed by atoms with Crippen LogP contribution in [0.2, 0.25) is 5.02 Å². The number of nitrogens with zero attached hydrogens (tertiary/aromatic N) is 1. The van der Waals surface area contributed by atoms with E-state index >= 15 is 0 Å². The zero-order valence-corrected chi connectivity index (χ0v) is 10.9. The predicted octanol–water partition coefficient (Wildman–Crippen LogP) is 3.50. The Balaban J connectivity index is 2.43. The molecule has 92 valence electrons. The van der Waals surface area contributed by atoms with Crippen LogP contribution in [0.3, 0.4) is 0 Å². The second kappa shape index (κ2) is 5.19. The second-order valence-corrected chi connectivity index (χ2v) is 4.33. The molecule has 3 nitrogen and oxygen atoms in total. The Morgan fingerprint density at radius 2 is 2.06 bits per heavy atom. The first-order valence-electron chi connectivity index (χ1n) is 5.42. The predicted molar refractivity (Wildman–Crippen MR) is 70.8 cm³/mol. The zero-order valence-electron chi connectivity index (χ0n) is 10.1. The summed E-state index contributed by atoms with van der Waals surface area (Å²) in [5.41, 5.74) is 3.00. The van der Waals surface area contributed by atoms with Crippen LogP contribution >= 0.6 is 11.6 Å². The lowest BCUT2D eigenvalue weighted by molar-refractivity contribution is 0.0593. The topological polar surface area (TPSA) is 39.2 Å². The van der Waals surface area contributed by atoms with Crippen LogP contribution < -0.4 is 0 Å². The lowest BCUT2D eigenvalue weighted by Crippen LogP contribution is -2.06. The molecule has 2 rings (SSSR count). The maximum Gasteiger partial charge on any atom is 0.356 e. The molecule has 1 heterocycles. The Labute approximate surface area is 110 Å². The number of ether oxygens (including phenoxy) is 1. The average molecular weight is 262 g/mol. The molecule has 0 bridgehead atoms. The van der Waals surface area contributed by atoms with Crippen molar-refractivity contribution in [1.82, 2.24) is 4.98 Å². The molecule has 0 aliphatic heterocycles.